The van der Waals surface area contributed by atoms with Gasteiger partial charge in [-0.15, -0.1) is 0 Å². The van der Waals surface area contributed by atoms with E-state index in [4.69, 9.17) is 4.74 Å². The Bertz CT molecular complexity index is 688. The van der Waals surface area contributed by atoms with Crippen molar-refractivity contribution in [1.29, 1.82) is 0 Å². The van der Waals surface area contributed by atoms with Gasteiger partial charge in [0, 0.05) is 13.6 Å². The molecule has 2 aromatic rings. The monoisotopic (exact) mass is 341 g/mol. The molecule has 0 saturated heterocycles. The van der Waals surface area contributed by atoms with E-state index in [1.807, 2.05) is 0 Å². The standard InChI is InChI=1S/C13H13BrFN3O2/c1-18-13(19)12(14)10(7-17-18)16-6-8-3-4-11(20-2)9(15)5-8/h3-5,7,16H,6H2,1-2H3. The first-order chi connectivity index (χ1) is 9.52. The Morgan fingerprint density at radius 2 is 2.25 bits per heavy atom. The number of ether oxygens (including phenoxy) is 1. The van der Waals surface area contributed by atoms with E-state index in [2.05, 4.69) is 26.3 Å². The van der Waals surface area contributed by atoms with Crippen LogP contribution in [0, 0.1) is 5.82 Å². The zero-order valence-corrected chi connectivity index (χ0v) is 12.6. The van der Waals surface area contributed by atoms with Gasteiger partial charge in [0.05, 0.1) is 19.0 Å². The second-order valence-corrected chi connectivity index (χ2v) is 4.92. The number of hydrogen-bond donors (Lipinski definition) is 1. The topological polar surface area (TPSA) is 56.1 Å². The van der Waals surface area contributed by atoms with Crippen LogP contribution in [0.4, 0.5) is 10.1 Å². The highest BCUT2D eigenvalue weighted by Crippen LogP contribution is 2.20. The molecule has 1 heterocycles. The predicted octanol–water partition coefficient (Wildman–Crippen LogP) is 2.30. The third-order valence-corrected chi connectivity index (χ3v) is 3.54. The van der Waals surface area contributed by atoms with Gasteiger partial charge >= 0.3 is 0 Å². The van der Waals surface area contributed by atoms with Gasteiger partial charge in [-0.1, -0.05) is 6.07 Å². The average Bonchev–Trinajstić information content (AvgIpc) is 2.44. The molecule has 2 rings (SSSR count). The molecule has 1 aromatic carbocycles. The molecule has 0 bridgehead atoms. The number of halogens is 2. The zero-order chi connectivity index (χ0) is 14.7. The summed E-state index contributed by atoms with van der Waals surface area (Å²) >= 11 is 3.21. The number of anilines is 1. The molecule has 1 aromatic heterocycles. The molecule has 0 atom stereocenters. The van der Waals surface area contributed by atoms with Gasteiger partial charge < -0.3 is 10.1 Å². The molecule has 7 heteroatoms. The summed E-state index contributed by atoms with van der Waals surface area (Å²) in [4.78, 5) is 11.7. The van der Waals surface area contributed by atoms with Gasteiger partial charge in [-0.05, 0) is 33.6 Å². The summed E-state index contributed by atoms with van der Waals surface area (Å²) in [5, 5.41) is 6.95. The minimum atomic E-state index is -0.423. The smallest absolute Gasteiger partial charge is 0.282 e. The summed E-state index contributed by atoms with van der Waals surface area (Å²) in [6, 6.07) is 4.69. The van der Waals surface area contributed by atoms with Crippen LogP contribution in [0.2, 0.25) is 0 Å². The number of aryl methyl sites for hydroxylation is 1. The molecule has 0 saturated carbocycles. The fourth-order valence-electron chi connectivity index (χ4n) is 1.65. The third kappa shape index (κ3) is 2.98. The maximum Gasteiger partial charge on any atom is 0.282 e. The largest absolute Gasteiger partial charge is 0.494 e. The van der Waals surface area contributed by atoms with E-state index in [1.165, 1.54) is 24.1 Å². The van der Waals surface area contributed by atoms with Crippen molar-refractivity contribution < 1.29 is 9.13 Å². The van der Waals surface area contributed by atoms with E-state index in [0.717, 1.165) is 5.56 Å². The van der Waals surface area contributed by atoms with Crippen LogP contribution in [0.15, 0.2) is 33.7 Å². The molecule has 0 aliphatic heterocycles. The van der Waals surface area contributed by atoms with Crippen molar-refractivity contribution >= 4 is 21.6 Å². The summed E-state index contributed by atoms with van der Waals surface area (Å²) in [6.45, 7) is 0.369. The number of benzene rings is 1. The SMILES string of the molecule is COc1ccc(CNc2cnn(C)c(=O)c2Br)cc1F. The van der Waals surface area contributed by atoms with Crippen molar-refractivity contribution in [3.63, 3.8) is 0 Å². The molecule has 106 valence electrons. The average molecular weight is 342 g/mol. The molecule has 0 radical (unpaired) electrons. The van der Waals surface area contributed by atoms with Crippen LogP contribution in [-0.2, 0) is 13.6 Å². The van der Waals surface area contributed by atoms with Crippen LogP contribution < -0.4 is 15.6 Å². The fourth-order valence-corrected chi connectivity index (χ4v) is 2.15. The van der Waals surface area contributed by atoms with Gasteiger partial charge in [0.1, 0.15) is 4.47 Å². The highest BCUT2D eigenvalue weighted by Gasteiger charge is 2.07. The van der Waals surface area contributed by atoms with Gasteiger partial charge in [0.15, 0.2) is 11.6 Å². The highest BCUT2D eigenvalue weighted by molar-refractivity contribution is 9.10. The lowest BCUT2D eigenvalue weighted by atomic mass is 10.2. The first-order valence-corrected chi connectivity index (χ1v) is 6.60. The van der Waals surface area contributed by atoms with Gasteiger partial charge in [-0.3, -0.25) is 4.79 Å². The number of hydrogen-bond acceptors (Lipinski definition) is 4. The molecule has 5 nitrogen and oxygen atoms in total. The van der Waals surface area contributed by atoms with E-state index in [9.17, 15) is 9.18 Å². The third-order valence-electron chi connectivity index (χ3n) is 2.78. The van der Waals surface area contributed by atoms with E-state index < -0.39 is 5.82 Å². The first kappa shape index (κ1) is 14.5. The van der Waals surface area contributed by atoms with Crippen molar-refractivity contribution in [2.45, 2.75) is 6.54 Å². The maximum absolute atomic E-state index is 13.5. The van der Waals surface area contributed by atoms with Crippen molar-refractivity contribution in [2.75, 3.05) is 12.4 Å². The Morgan fingerprint density at radius 3 is 2.90 bits per heavy atom. The lowest BCUT2D eigenvalue weighted by Crippen LogP contribution is -2.21. The number of nitrogens with zero attached hydrogens (tertiary/aromatic N) is 2. The van der Waals surface area contributed by atoms with Gasteiger partial charge in [-0.25, -0.2) is 9.07 Å². The van der Waals surface area contributed by atoms with Gasteiger partial charge in [0.2, 0.25) is 0 Å². The second kappa shape index (κ2) is 6.04. The van der Waals surface area contributed by atoms with Crippen molar-refractivity contribution in [1.82, 2.24) is 9.78 Å². The summed E-state index contributed by atoms with van der Waals surface area (Å²) < 4.78 is 20.0. The van der Waals surface area contributed by atoms with Gasteiger partial charge in [0.25, 0.3) is 5.56 Å². The molecular weight excluding hydrogens is 329 g/mol. The lowest BCUT2D eigenvalue weighted by molar-refractivity contribution is 0.386. The molecule has 0 aliphatic rings. The molecule has 1 N–H and O–H groups in total. The predicted molar refractivity (Wildman–Crippen MR) is 77.5 cm³/mol. The Morgan fingerprint density at radius 1 is 1.50 bits per heavy atom. The molecule has 0 unspecified atom stereocenters. The quantitative estimate of drug-likeness (QED) is 0.927. The van der Waals surface area contributed by atoms with Crippen LogP contribution in [0.1, 0.15) is 5.56 Å². The number of rotatable bonds is 4. The molecule has 0 aliphatic carbocycles. The minimum Gasteiger partial charge on any atom is -0.494 e. The Balaban J connectivity index is 2.15. The molecule has 0 spiro atoms. The molecule has 20 heavy (non-hydrogen) atoms. The van der Waals surface area contributed by atoms with Crippen LogP contribution in [-0.4, -0.2) is 16.9 Å². The first-order valence-electron chi connectivity index (χ1n) is 5.81. The van der Waals surface area contributed by atoms with Crippen LogP contribution in [0.3, 0.4) is 0 Å². The molecule has 0 amide bonds. The van der Waals surface area contributed by atoms with E-state index in [0.29, 0.717) is 16.7 Å². The van der Waals surface area contributed by atoms with Crippen molar-refractivity contribution in [2.24, 2.45) is 7.05 Å². The van der Waals surface area contributed by atoms with E-state index in [1.54, 1.807) is 19.2 Å². The van der Waals surface area contributed by atoms with E-state index in [-0.39, 0.29) is 11.3 Å². The second-order valence-electron chi connectivity index (χ2n) is 4.12. The summed E-state index contributed by atoms with van der Waals surface area (Å²) in [6.07, 6.45) is 1.53. The summed E-state index contributed by atoms with van der Waals surface area (Å²) in [7, 11) is 2.98. The molecule has 0 fully saturated rings. The summed E-state index contributed by atoms with van der Waals surface area (Å²) in [5.41, 5.74) is 1.05. The van der Waals surface area contributed by atoms with Crippen molar-refractivity contribution in [3.05, 3.63) is 50.6 Å². The lowest BCUT2D eigenvalue weighted by Gasteiger charge is -2.09. The van der Waals surface area contributed by atoms with E-state index >= 15 is 0 Å². The maximum atomic E-state index is 13.5. The molecular formula is C13H13BrFN3O2. The zero-order valence-electron chi connectivity index (χ0n) is 11.0. The minimum absolute atomic E-state index is 0.199. The number of nitrogens with one attached hydrogen (secondary N) is 1. The number of methoxy groups -OCH3 is 1. The Labute approximate surface area is 123 Å². The fraction of sp³-hybridized carbons (Fsp3) is 0.231. The normalized spacial score (nSPS) is 10.4. The highest BCUT2D eigenvalue weighted by atomic mass is 79.9. The van der Waals surface area contributed by atoms with Crippen LogP contribution >= 0.6 is 15.9 Å². The van der Waals surface area contributed by atoms with Crippen LogP contribution in [0.25, 0.3) is 0 Å². The van der Waals surface area contributed by atoms with Crippen LogP contribution in [0.5, 0.6) is 5.75 Å². The van der Waals surface area contributed by atoms with Crippen molar-refractivity contribution in [3.8, 4) is 5.75 Å². The van der Waals surface area contributed by atoms with Gasteiger partial charge in [-0.2, -0.15) is 5.10 Å². The Hall–Kier alpha value is -1.89. The number of aromatic nitrogens is 2. The Kier molecular flexibility index (Phi) is 4.39. The summed E-state index contributed by atoms with van der Waals surface area (Å²) in [5.74, 6) is -0.224.